The molecule has 1 aliphatic heterocycles. The van der Waals surface area contributed by atoms with Crippen LogP contribution in [-0.2, 0) is 9.59 Å². The Morgan fingerprint density at radius 3 is 2.88 bits per heavy atom. The summed E-state index contributed by atoms with van der Waals surface area (Å²) in [6, 6.07) is 4.98. The summed E-state index contributed by atoms with van der Waals surface area (Å²) >= 11 is 1.55. The first-order valence-electron chi connectivity index (χ1n) is 8.28. The second-order valence-electron chi connectivity index (χ2n) is 6.57. The quantitative estimate of drug-likeness (QED) is 0.824. The summed E-state index contributed by atoms with van der Waals surface area (Å²) in [4.78, 5) is 42.4. The number of hydrogen-bond acceptors (Lipinski definition) is 5. The Balaban J connectivity index is 1.46. The zero-order valence-corrected chi connectivity index (χ0v) is 14.6. The number of urea groups is 1. The van der Waals surface area contributed by atoms with Crippen molar-refractivity contribution in [3.05, 3.63) is 23.2 Å². The highest BCUT2D eigenvalue weighted by molar-refractivity contribution is 7.18. The van der Waals surface area contributed by atoms with E-state index in [1.165, 1.54) is 0 Å². The van der Waals surface area contributed by atoms with Crippen molar-refractivity contribution in [2.75, 3.05) is 11.9 Å². The molecule has 1 saturated carbocycles. The van der Waals surface area contributed by atoms with Gasteiger partial charge in [-0.2, -0.15) is 0 Å². The van der Waals surface area contributed by atoms with Crippen LogP contribution in [0, 0.1) is 6.92 Å². The van der Waals surface area contributed by atoms with Gasteiger partial charge in [-0.05, 0) is 38.0 Å². The first-order chi connectivity index (χ1) is 12.0. The molecule has 2 N–H and O–H groups in total. The molecule has 2 heterocycles. The van der Waals surface area contributed by atoms with Gasteiger partial charge in [-0.25, -0.2) is 9.78 Å². The topological polar surface area (TPSA) is 91.4 Å². The number of anilines is 1. The molecule has 8 heteroatoms. The van der Waals surface area contributed by atoms with Gasteiger partial charge in [0.15, 0.2) is 0 Å². The van der Waals surface area contributed by atoms with Crippen molar-refractivity contribution in [3.8, 4) is 0 Å². The largest absolute Gasteiger partial charge is 0.325 e. The van der Waals surface area contributed by atoms with Crippen LogP contribution in [0.3, 0.4) is 0 Å². The molecule has 0 unspecified atom stereocenters. The van der Waals surface area contributed by atoms with E-state index in [4.69, 9.17) is 0 Å². The van der Waals surface area contributed by atoms with Crippen LogP contribution in [0.25, 0.3) is 10.2 Å². The number of imide groups is 1. The number of carbonyl (C=O) groups is 3. The van der Waals surface area contributed by atoms with Crippen molar-refractivity contribution in [1.82, 2.24) is 15.2 Å². The van der Waals surface area contributed by atoms with Crippen molar-refractivity contribution >= 4 is 45.1 Å². The van der Waals surface area contributed by atoms with E-state index in [2.05, 4.69) is 15.6 Å². The number of fused-ring (bicyclic) bond motifs is 1. The van der Waals surface area contributed by atoms with Crippen molar-refractivity contribution in [2.45, 2.75) is 38.1 Å². The van der Waals surface area contributed by atoms with Crippen LogP contribution in [0.5, 0.6) is 0 Å². The van der Waals surface area contributed by atoms with Crippen LogP contribution in [0.2, 0.25) is 0 Å². The van der Waals surface area contributed by atoms with Crippen LogP contribution < -0.4 is 10.6 Å². The summed E-state index contributed by atoms with van der Waals surface area (Å²) in [5.74, 6) is -0.669. The van der Waals surface area contributed by atoms with Crippen LogP contribution in [0.15, 0.2) is 18.2 Å². The molecular weight excluding hydrogens is 340 g/mol. The first-order valence-corrected chi connectivity index (χ1v) is 9.10. The highest BCUT2D eigenvalue weighted by Gasteiger charge is 2.52. The molecule has 0 radical (unpaired) electrons. The second kappa shape index (κ2) is 5.80. The summed E-state index contributed by atoms with van der Waals surface area (Å²) in [7, 11) is 0. The standard InChI is InChI=1S/C17H18N4O3S/c1-10-18-12-5-4-11(8-13(12)25-10)19-14(22)9-21-15(23)17(20-16(21)24)6-2-3-7-17/h4-5,8H,2-3,6-7,9H2,1H3,(H,19,22)(H,20,24). The first kappa shape index (κ1) is 16.0. The fourth-order valence-corrected chi connectivity index (χ4v) is 4.47. The van der Waals surface area contributed by atoms with Crippen LogP contribution >= 0.6 is 11.3 Å². The zero-order chi connectivity index (χ0) is 17.6. The smallest absolute Gasteiger partial charge is 0.324 e. The molecule has 2 aromatic rings. The zero-order valence-electron chi connectivity index (χ0n) is 13.8. The van der Waals surface area contributed by atoms with Gasteiger partial charge >= 0.3 is 6.03 Å². The van der Waals surface area contributed by atoms with E-state index in [0.29, 0.717) is 18.5 Å². The molecule has 25 heavy (non-hydrogen) atoms. The number of aryl methyl sites for hydroxylation is 1. The lowest BCUT2D eigenvalue weighted by molar-refractivity contribution is -0.133. The molecule has 1 saturated heterocycles. The van der Waals surface area contributed by atoms with E-state index in [1.807, 2.05) is 19.1 Å². The minimum Gasteiger partial charge on any atom is -0.324 e. The monoisotopic (exact) mass is 358 g/mol. The maximum absolute atomic E-state index is 12.6. The van der Waals surface area contributed by atoms with E-state index >= 15 is 0 Å². The molecule has 1 spiro atoms. The van der Waals surface area contributed by atoms with E-state index in [9.17, 15) is 14.4 Å². The highest BCUT2D eigenvalue weighted by atomic mass is 32.1. The lowest BCUT2D eigenvalue weighted by Crippen LogP contribution is -2.44. The van der Waals surface area contributed by atoms with E-state index in [-0.39, 0.29) is 18.4 Å². The van der Waals surface area contributed by atoms with Gasteiger partial charge in [-0.3, -0.25) is 14.5 Å². The number of thiazole rings is 1. The summed E-state index contributed by atoms with van der Waals surface area (Å²) in [5.41, 5.74) is 0.734. The van der Waals surface area contributed by atoms with E-state index < -0.39 is 11.6 Å². The van der Waals surface area contributed by atoms with Gasteiger partial charge in [-0.15, -0.1) is 11.3 Å². The molecular formula is C17H18N4O3S. The molecule has 1 aromatic heterocycles. The Kier molecular flexibility index (Phi) is 3.72. The second-order valence-corrected chi connectivity index (χ2v) is 7.81. The third kappa shape index (κ3) is 2.76. The molecule has 4 amide bonds. The van der Waals surface area contributed by atoms with Gasteiger partial charge in [0.25, 0.3) is 5.91 Å². The Morgan fingerprint density at radius 2 is 2.12 bits per heavy atom. The minimum atomic E-state index is -0.781. The number of carbonyl (C=O) groups excluding carboxylic acids is 3. The third-order valence-corrected chi connectivity index (χ3v) is 5.72. The van der Waals surface area contributed by atoms with Gasteiger partial charge < -0.3 is 10.6 Å². The van der Waals surface area contributed by atoms with Crippen molar-refractivity contribution in [2.24, 2.45) is 0 Å². The molecule has 4 rings (SSSR count). The number of amides is 4. The SMILES string of the molecule is Cc1nc2ccc(NC(=O)CN3C(=O)NC4(CCCC4)C3=O)cc2s1. The molecule has 1 aromatic carbocycles. The van der Waals surface area contributed by atoms with Crippen molar-refractivity contribution in [1.29, 1.82) is 0 Å². The molecule has 0 bridgehead atoms. The van der Waals surface area contributed by atoms with Gasteiger partial charge in [-0.1, -0.05) is 12.8 Å². The Bertz CT molecular complexity index is 885. The van der Waals surface area contributed by atoms with Gasteiger partial charge in [0.1, 0.15) is 12.1 Å². The Morgan fingerprint density at radius 1 is 1.36 bits per heavy atom. The molecule has 130 valence electrons. The number of aromatic nitrogens is 1. The number of benzene rings is 1. The number of rotatable bonds is 3. The summed E-state index contributed by atoms with van der Waals surface area (Å²) in [5, 5.41) is 6.49. The Hall–Kier alpha value is -2.48. The average molecular weight is 358 g/mol. The van der Waals surface area contributed by atoms with E-state index in [1.54, 1.807) is 17.4 Å². The molecule has 2 fully saturated rings. The number of hydrogen-bond donors (Lipinski definition) is 2. The number of nitrogens with zero attached hydrogens (tertiary/aromatic N) is 2. The lowest BCUT2D eigenvalue weighted by atomic mass is 9.98. The van der Waals surface area contributed by atoms with Gasteiger partial charge in [0, 0.05) is 5.69 Å². The lowest BCUT2D eigenvalue weighted by Gasteiger charge is -2.19. The summed E-state index contributed by atoms with van der Waals surface area (Å²) in [6.45, 7) is 1.66. The van der Waals surface area contributed by atoms with E-state index in [0.717, 1.165) is 33.0 Å². The molecule has 7 nitrogen and oxygen atoms in total. The summed E-state index contributed by atoms with van der Waals surface area (Å²) < 4.78 is 0.982. The van der Waals surface area contributed by atoms with Gasteiger partial charge in [0.2, 0.25) is 5.91 Å². The molecule has 1 aliphatic carbocycles. The number of nitrogens with one attached hydrogen (secondary N) is 2. The predicted molar refractivity (Wildman–Crippen MR) is 94.4 cm³/mol. The normalized spacial score (nSPS) is 19.0. The third-order valence-electron chi connectivity index (χ3n) is 4.78. The highest BCUT2D eigenvalue weighted by Crippen LogP contribution is 2.35. The summed E-state index contributed by atoms with van der Waals surface area (Å²) in [6.07, 6.45) is 3.13. The molecule has 0 atom stereocenters. The van der Waals surface area contributed by atoms with Crippen molar-refractivity contribution < 1.29 is 14.4 Å². The fourth-order valence-electron chi connectivity index (χ4n) is 3.60. The van der Waals surface area contributed by atoms with Crippen LogP contribution in [0.4, 0.5) is 10.5 Å². The van der Waals surface area contributed by atoms with Crippen LogP contribution in [0.1, 0.15) is 30.7 Å². The van der Waals surface area contributed by atoms with Crippen LogP contribution in [-0.4, -0.2) is 39.8 Å². The minimum absolute atomic E-state index is 0.272. The van der Waals surface area contributed by atoms with Gasteiger partial charge in [0.05, 0.1) is 15.2 Å². The fraction of sp³-hybridized carbons (Fsp3) is 0.412. The maximum Gasteiger partial charge on any atom is 0.325 e. The predicted octanol–water partition coefficient (Wildman–Crippen LogP) is 2.41. The average Bonchev–Trinajstić information content (AvgIpc) is 3.22. The maximum atomic E-state index is 12.6. The Labute approximate surface area is 148 Å². The van der Waals surface area contributed by atoms with Crippen molar-refractivity contribution in [3.63, 3.8) is 0 Å². The molecule has 2 aliphatic rings.